The molecule has 0 aromatic carbocycles. The second-order valence-electron chi connectivity index (χ2n) is 5.88. The maximum absolute atomic E-state index is 12.1. The fraction of sp³-hybridized carbons (Fsp3) is 0.929. The van der Waals surface area contributed by atoms with Crippen molar-refractivity contribution in [2.24, 2.45) is 11.8 Å². The molecule has 1 atom stereocenters. The summed E-state index contributed by atoms with van der Waals surface area (Å²) >= 11 is 0. The van der Waals surface area contributed by atoms with E-state index >= 15 is 0 Å². The molecule has 0 aliphatic carbocycles. The summed E-state index contributed by atoms with van der Waals surface area (Å²) in [4.78, 5) is 16.3. The first-order chi connectivity index (χ1) is 8.52. The molecule has 0 saturated carbocycles. The summed E-state index contributed by atoms with van der Waals surface area (Å²) in [5, 5.41) is 8.87. The molecule has 18 heavy (non-hydrogen) atoms. The molecule has 1 fully saturated rings. The molecule has 1 aliphatic heterocycles. The number of aliphatic hydroxyl groups is 1. The third-order valence-electron chi connectivity index (χ3n) is 3.54. The molecule has 1 aliphatic rings. The third kappa shape index (κ3) is 5.36. The Balaban J connectivity index is 2.27. The lowest BCUT2D eigenvalue weighted by molar-refractivity contribution is -0.134. The fourth-order valence-electron chi connectivity index (χ4n) is 2.68. The highest BCUT2D eigenvalue weighted by Crippen LogP contribution is 2.16. The van der Waals surface area contributed by atoms with Gasteiger partial charge in [0.05, 0.1) is 6.61 Å². The Morgan fingerprint density at radius 2 is 1.78 bits per heavy atom. The molecular weight excluding hydrogens is 228 g/mol. The minimum Gasteiger partial charge on any atom is -0.395 e. The van der Waals surface area contributed by atoms with Gasteiger partial charge in [-0.3, -0.25) is 9.69 Å². The van der Waals surface area contributed by atoms with Crippen LogP contribution in [0.3, 0.4) is 0 Å². The van der Waals surface area contributed by atoms with Gasteiger partial charge in [-0.25, -0.2) is 0 Å². The van der Waals surface area contributed by atoms with Crippen LogP contribution in [0.1, 0.15) is 33.6 Å². The molecule has 1 amide bonds. The SMILES string of the molecule is CC(C)CC(C)CC(=O)N1CCN(CCO)CC1. The molecule has 1 N–H and O–H groups in total. The van der Waals surface area contributed by atoms with E-state index in [0.717, 1.165) is 39.1 Å². The van der Waals surface area contributed by atoms with E-state index in [1.54, 1.807) is 0 Å². The van der Waals surface area contributed by atoms with Gasteiger partial charge in [0.1, 0.15) is 0 Å². The number of aliphatic hydroxyl groups excluding tert-OH is 1. The zero-order valence-corrected chi connectivity index (χ0v) is 12.1. The Morgan fingerprint density at radius 1 is 1.17 bits per heavy atom. The molecule has 1 rings (SSSR count). The van der Waals surface area contributed by atoms with E-state index in [-0.39, 0.29) is 6.61 Å². The highest BCUT2D eigenvalue weighted by Gasteiger charge is 2.22. The van der Waals surface area contributed by atoms with Gasteiger partial charge in [0.2, 0.25) is 5.91 Å². The second-order valence-corrected chi connectivity index (χ2v) is 5.88. The third-order valence-corrected chi connectivity index (χ3v) is 3.54. The van der Waals surface area contributed by atoms with Crippen molar-refractivity contribution in [3.8, 4) is 0 Å². The van der Waals surface area contributed by atoms with E-state index in [9.17, 15) is 4.79 Å². The molecule has 4 nitrogen and oxygen atoms in total. The van der Waals surface area contributed by atoms with Gasteiger partial charge in [-0.1, -0.05) is 20.8 Å². The maximum atomic E-state index is 12.1. The Bertz CT molecular complexity index is 248. The number of amides is 1. The smallest absolute Gasteiger partial charge is 0.222 e. The van der Waals surface area contributed by atoms with Crippen LogP contribution in [0.4, 0.5) is 0 Å². The summed E-state index contributed by atoms with van der Waals surface area (Å²) in [7, 11) is 0. The molecule has 1 unspecified atom stereocenters. The Kier molecular flexibility index (Phi) is 6.65. The summed E-state index contributed by atoms with van der Waals surface area (Å²) in [5.41, 5.74) is 0. The van der Waals surface area contributed by atoms with Gasteiger partial charge in [-0.05, 0) is 18.3 Å². The molecule has 1 heterocycles. The highest BCUT2D eigenvalue weighted by atomic mass is 16.3. The average Bonchev–Trinajstić information content (AvgIpc) is 2.29. The van der Waals surface area contributed by atoms with Crippen LogP contribution in [0.2, 0.25) is 0 Å². The normalized spacial score (nSPS) is 19.3. The lowest BCUT2D eigenvalue weighted by Crippen LogP contribution is -2.49. The number of rotatable bonds is 6. The van der Waals surface area contributed by atoms with Crippen LogP contribution in [0.5, 0.6) is 0 Å². The Morgan fingerprint density at radius 3 is 2.28 bits per heavy atom. The van der Waals surface area contributed by atoms with Crippen molar-refractivity contribution in [3.63, 3.8) is 0 Å². The number of nitrogens with zero attached hydrogens (tertiary/aromatic N) is 2. The number of hydrogen-bond acceptors (Lipinski definition) is 3. The predicted octanol–water partition coefficient (Wildman–Crippen LogP) is 1.20. The number of hydrogen-bond donors (Lipinski definition) is 1. The number of piperazine rings is 1. The molecule has 1 saturated heterocycles. The first-order valence-electron chi connectivity index (χ1n) is 7.14. The van der Waals surface area contributed by atoms with Crippen molar-refractivity contribution < 1.29 is 9.90 Å². The minimum absolute atomic E-state index is 0.208. The van der Waals surface area contributed by atoms with Gasteiger partial charge in [0.25, 0.3) is 0 Å². The van der Waals surface area contributed by atoms with E-state index in [1.165, 1.54) is 0 Å². The van der Waals surface area contributed by atoms with Crippen molar-refractivity contribution >= 4 is 5.91 Å². The summed E-state index contributed by atoms with van der Waals surface area (Å²) < 4.78 is 0. The minimum atomic E-state index is 0.208. The maximum Gasteiger partial charge on any atom is 0.222 e. The van der Waals surface area contributed by atoms with Gasteiger partial charge < -0.3 is 10.0 Å². The Hall–Kier alpha value is -0.610. The van der Waals surface area contributed by atoms with E-state index in [0.29, 0.717) is 24.2 Å². The molecule has 106 valence electrons. The lowest BCUT2D eigenvalue weighted by atomic mass is 9.95. The molecule has 0 spiro atoms. The second kappa shape index (κ2) is 7.74. The standard InChI is InChI=1S/C14H28N2O2/c1-12(2)10-13(3)11-14(18)16-6-4-15(5-7-16)8-9-17/h12-13,17H,4-11H2,1-3H3. The summed E-state index contributed by atoms with van der Waals surface area (Å²) in [6.07, 6.45) is 1.80. The van der Waals surface area contributed by atoms with Crippen LogP contribution in [0.15, 0.2) is 0 Å². The van der Waals surface area contributed by atoms with Crippen LogP contribution in [0.25, 0.3) is 0 Å². The largest absolute Gasteiger partial charge is 0.395 e. The van der Waals surface area contributed by atoms with Gasteiger partial charge in [0, 0.05) is 39.1 Å². The number of β-amino-alcohol motifs (C(OH)–C–C–N with tert-alkyl or cyclic N) is 1. The zero-order chi connectivity index (χ0) is 13.5. The van der Waals surface area contributed by atoms with E-state index in [2.05, 4.69) is 25.7 Å². The summed E-state index contributed by atoms with van der Waals surface area (Å²) in [6.45, 7) is 10.9. The van der Waals surface area contributed by atoms with Crippen molar-refractivity contribution in [2.45, 2.75) is 33.6 Å². The zero-order valence-electron chi connectivity index (χ0n) is 12.1. The van der Waals surface area contributed by atoms with Gasteiger partial charge in [-0.2, -0.15) is 0 Å². The molecular formula is C14H28N2O2. The van der Waals surface area contributed by atoms with Crippen LogP contribution >= 0.6 is 0 Å². The predicted molar refractivity (Wildman–Crippen MR) is 73.3 cm³/mol. The quantitative estimate of drug-likeness (QED) is 0.776. The molecule has 0 bridgehead atoms. The van der Waals surface area contributed by atoms with Crippen molar-refractivity contribution in [1.29, 1.82) is 0 Å². The van der Waals surface area contributed by atoms with E-state index < -0.39 is 0 Å². The van der Waals surface area contributed by atoms with Gasteiger partial charge in [-0.15, -0.1) is 0 Å². The van der Waals surface area contributed by atoms with E-state index in [1.807, 2.05) is 4.90 Å². The number of carbonyl (C=O) groups excluding carboxylic acids is 1. The van der Waals surface area contributed by atoms with Gasteiger partial charge >= 0.3 is 0 Å². The van der Waals surface area contributed by atoms with E-state index in [4.69, 9.17) is 5.11 Å². The fourth-order valence-corrected chi connectivity index (χ4v) is 2.68. The lowest BCUT2D eigenvalue weighted by Gasteiger charge is -2.35. The highest BCUT2D eigenvalue weighted by molar-refractivity contribution is 5.76. The average molecular weight is 256 g/mol. The first kappa shape index (κ1) is 15.4. The topological polar surface area (TPSA) is 43.8 Å². The van der Waals surface area contributed by atoms with Gasteiger partial charge in [0.15, 0.2) is 0 Å². The molecule has 0 radical (unpaired) electrons. The van der Waals surface area contributed by atoms with Crippen LogP contribution in [0, 0.1) is 11.8 Å². The molecule has 0 aromatic heterocycles. The van der Waals surface area contributed by atoms with Crippen molar-refractivity contribution in [2.75, 3.05) is 39.3 Å². The Labute approximate surface area is 111 Å². The molecule has 0 aromatic rings. The molecule has 4 heteroatoms. The van der Waals surface area contributed by atoms with Crippen LogP contribution in [-0.4, -0.2) is 60.1 Å². The van der Waals surface area contributed by atoms with Crippen LogP contribution in [-0.2, 0) is 4.79 Å². The monoisotopic (exact) mass is 256 g/mol. The number of carbonyl (C=O) groups is 1. The van der Waals surface area contributed by atoms with Crippen molar-refractivity contribution in [1.82, 2.24) is 9.80 Å². The first-order valence-corrected chi connectivity index (χ1v) is 7.14. The van der Waals surface area contributed by atoms with Crippen LogP contribution < -0.4 is 0 Å². The summed E-state index contributed by atoms with van der Waals surface area (Å²) in [6, 6.07) is 0. The summed E-state index contributed by atoms with van der Waals surface area (Å²) in [5.74, 6) is 1.44. The van der Waals surface area contributed by atoms with Crippen molar-refractivity contribution in [3.05, 3.63) is 0 Å².